The van der Waals surface area contributed by atoms with Crippen molar-refractivity contribution in [3.63, 3.8) is 0 Å². The van der Waals surface area contributed by atoms with Gasteiger partial charge in [0.15, 0.2) is 0 Å². The Bertz CT molecular complexity index is 377. The summed E-state index contributed by atoms with van der Waals surface area (Å²) in [6, 6.07) is 0.265. The molecular weight excluding hydrogens is 266 g/mol. The molecule has 6 heteroatoms. The Labute approximate surface area is 119 Å². The fraction of sp³-hybridized carbons (Fsp3) is 0.846. The van der Waals surface area contributed by atoms with Gasteiger partial charge in [-0.2, -0.15) is 0 Å². The minimum atomic E-state index is 0. The molecule has 19 heavy (non-hydrogen) atoms. The van der Waals surface area contributed by atoms with Crippen LogP contribution in [0.3, 0.4) is 0 Å². The predicted octanol–water partition coefficient (Wildman–Crippen LogP) is 0.226. The third-order valence-corrected chi connectivity index (χ3v) is 4.76. The van der Waals surface area contributed by atoms with Gasteiger partial charge in [-0.15, -0.1) is 12.4 Å². The summed E-state index contributed by atoms with van der Waals surface area (Å²) in [6.07, 6.45) is 3.74. The maximum atomic E-state index is 12.2. The molecule has 0 radical (unpaired) electrons. The number of carbonyl (C=O) groups is 2. The van der Waals surface area contributed by atoms with Gasteiger partial charge in [-0.25, -0.2) is 0 Å². The second-order valence-corrected chi connectivity index (χ2v) is 5.88. The first-order valence-electron chi connectivity index (χ1n) is 6.96. The Hall–Kier alpha value is -0.810. The number of nitrogens with two attached hydrogens (primary N) is 1. The van der Waals surface area contributed by atoms with Crippen molar-refractivity contribution in [2.75, 3.05) is 26.2 Å². The van der Waals surface area contributed by atoms with E-state index in [0.717, 1.165) is 38.9 Å². The average Bonchev–Trinajstić information content (AvgIpc) is 2.99. The van der Waals surface area contributed by atoms with Crippen LogP contribution < -0.4 is 5.73 Å². The molecule has 3 atom stereocenters. The van der Waals surface area contributed by atoms with E-state index >= 15 is 0 Å². The lowest BCUT2D eigenvalue weighted by Gasteiger charge is -2.22. The van der Waals surface area contributed by atoms with Gasteiger partial charge < -0.3 is 15.5 Å². The first kappa shape index (κ1) is 14.6. The molecule has 2 heterocycles. The molecule has 2 aliphatic heterocycles. The van der Waals surface area contributed by atoms with Crippen molar-refractivity contribution in [3.8, 4) is 0 Å². The summed E-state index contributed by atoms with van der Waals surface area (Å²) in [5.74, 6) is 1.31. The van der Waals surface area contributed by atoms with E-state index in [1.165, 1.54) is 0 Å². The second kappa shape index (κ2) is 5.67. The molecule has 0 aromatic rings. The molecule has 3 rings (SSSR count). The predicted molar refractivity (Wildman–Crippen MR) is 73.8 cm³/mol. The zero-order valence-corrected chi connectivity index (χ0v) is 11.9. The van der Waals surface area contributed by atoms with Gasteiger partial charge in [0.1, 0.15) is 0 Å². The Morgan fingerprint density at radius 2 is 2.11 bits per heavy atom. The number of rotatable bonds is 2. The van der Waals surface area contributed by atoms with Gasteiger partial charge in [-0.05, 0) is 31.1 Å². The fourth-order valence-electron chi connectivity index (χ4n) is 3.65. The van der Waals surface area contributed by atoms with Crippen LogP contribution in [0.25, 0.3) is 0 Å². The maximum Gasteiger partial charge on any atom is 0.242 e. The zero-order chi connectivity index (χ0) is 12.7. The molecule has 0 aromatic carbocycles. The molecule has 0 aromatic heterocycles. The van der Waals surface area contributed by atoms with Gasteiger partial charge in [-0.1, -0.05) is 0 Å². The Balaban J connectivity index is 0.00000133. The van der Waals surface area contributed by atoms with E-state index in [0.29, 0.717) is 18.3 Å². The average molecular weight is 288 g/mol. The van der Waals surface area contributed by atoms with E-state index in [9.17, 15) is 9.59 Å². The normalized spacial score (nSPS) is 33.5. The second-order valence-electron chi connectivity index (χ2n) is 5.88. The van der Waals surface area contributed by atoms with Crippen LogP contribution in [0.2, 0.25) is 0 Å². The number of fused-ring (bicyclic) bond motifs is 1. The summed E-state index contributed by atoms with van der Waals surface area (Å²) >= 11 is 0. The molecule has 3 unspecified atom stereocenters. The highest BCUT2D eigenvalue weighted by molar-refractivity contribution is 5.86. The summed E-state index contributed by atoms with van der Waals surface area (Å²) in [7, 11) is 0. The van der Waals surface area contributed by atoms with Crippen LogP contribution in [0, 0.1) is 11.8 Å². The summed E-state index contributed by atoms with van der Waals surface area (Å²) in [5.41, 5.74) is 6.07. The lowest BCUT2D eigenvalue weighted by Crippen LogP contribution is -2.41. The molecule has 3 aliphatic rings. The topological polar surface area (TPSA) is 66.6 Å². The van der Waals surface area contributed by atoms with Crippen LogP contribution in [0.1, 0.15) is 25.7 Å². The van der Waals surface area contributed by atoms with E-state index in [2.05, 4.69) is 0 Å². The number of halogens is 1. The van der Waals surface area contributed by atoms with Crippen LogP contribution in [0.5, 0.6) is 0 Å². The molecular formula is C13H22ClN3O2. The highest BCUT2D eigenvalue weighted by Crippen LogP contribution is 2.37. The quantitative estimate of drug-likeness (QED) is 0.790. The molecule has 0 bridgehead atoms. The van der Waals surface area contributed by atoms with Gasteiger partial charge in [0, 0.05) is 32.1 Å². The fourth-order valence-corrected chi connectivity index (χ4v) is 3.65. The number of nitrogens with zero attached hydrogens (tertiary/aromatic N) is 2. The van der Waals surface area contributed by atoms with Gasteiger partial charge in [0.2, 0.25) is 11.8 Å². The Morgan fingerprint density at radius 1 is 1.32 bits per heavy atom. The molecule has 2 amide bonds. The summed E-state index contributed by atoms with van der Waals surface area (Å²) in [5, 5.41) is 0. The number of hydrogen-bond acceptors (Lipinski definition) is 3. The summed E-state index contributed by atoms with van der Waals surface area (Å²) in [6.45, 7) is 2.66. The van der Waals surface area contributed by atoms with Crippen molar-refractivity contribution in [1.82, 2.24) is 9.80 Å². The number of amides is 2. The zero-order valence-electron chi connectivity index (χ0n) is 11.1. The van der Waals surface area contributed by atoms with Crippen molar-refractivity contribution in [1.29, 1.82) is 0 Å². The third-order valence-electron chi connectivity index (χ3n) is 4.76. The Kier molecular flexibility index (Phi) is 4.36. The van der Waals surface area contributed by atoms with Crippen molar-refractivity contribution in [3.05, 3.63) is 0 Å². The van der Waals surface area contributed by atoms with Gasteiger partial charge >= 0.3 is 0 Å². The SMILES string of the molecule is Cl.NC1CCC2CN(C(=O)CN3CCCC3=O)CC12. The van der Waals surface area contributed by atoms with E-state index in [-0.39, 0.29) is 36.8 Å². The van der Waals surface area contributed by atoms with Crippen LogP contribution in [-0.2, 0) is 9.59 Å². The van der Waals surface area contributed by atoms with Crippen molar-refractivity contribution in [2.24, 2.45) is 17.6 Å². The van der Waals surface area contributed by atoms with Crippen molar-refractivity contribution >= 4 is 24.2 Å². The largest absolute Gasteiger partial charge is 0.341 e. The van der Waals surface area contributed by atoms with Gasteiger partial charge in [0.05, 0.1) is 6.54 Å². The lowest BCUT2D eigenvalue weighted by molar-refractivity contribution is -0.137. The number of hydrogen-bond donors (Lipinski definition) is 1. The van der Waals surface area contributed by atoms with Crippen molar-refractivity contribution < 1.29 is 9.59 Å². The maximum absolute atomic E-state index is 12.2. The van der Waals surface area contributed by atoms with Crippen LogP contribution in [0.15, 0.2) is 0 Å². The van der Waals surface area contributed by atoms with E-state index in [1.54, 1.807) is 4.90 Å². The molecule has 108 valence electrons. The highest BCUT2D eigenvalue weighted by Gasteiger charge is 2.42. The van der Waals surface area contributed by atoms with Crippen LogP contribution >= 0.6 is 12.4 Å². The van der Waals surface area contributed by atoms with E-state index in [4.69, 9.17) is 5.73 Å². The Morgan fingerprint density at radius 3 is 2.74 bits per heavy atom. The lowest BCUT2D eigenvalue weighted by atomic mass is 9.98. The standard InChI is InChI=1S/C13H21N3O2.ClH/c14-11-4-3-9-6-16(7-10(9)11)13(18)8-15-5-1-2-12(15)17;/h9-11H,1-8,14H2;1H. The first-order valence-corrected chi connectivity index (χ1v) is 6.96. The monoisotopic (exact) mass is 287 g/mol. The minimum Gasteiger partial charge on any atom is -0.341 e. The number of likely N-dealkylation sites (tertiary alicyclic amines) is 2. The molecule has 1 saturated carbocycles. The molecule has 1 aliphatic carbocycles. The summed E-state index contributed by atoms with van der Waals surface area (Å²) < 4.78 is 0. The molecule has 0 spiro atoms. The van der Waals surface area contributed by atoms with E-state index < -0.39 is 0 Å². The van der Waals surface area contributed by atoms with Gasteiger partial charge in [0.25, 0.3) is 0 Å². The molecule has 2 saturated heterocycles. The van der Waals surface area contributed by atoms with Gasteiger partial charge in [-0.3, -0.25) is 9.59 Å². The molecule has 2 N–H and O–H groups in total. The highest BCUT2D eigenvalue weighted by atomic mass is 35.5. The number of carbonyl (C=O) groups excluding carboxylic acids is 2. The molecule has 3 fully saturated rings. The van der Waals surface area contributed by atoms with Crippen LogP contribution in [-0.4, -0.2) is 53.8 Å². The summed E-state index contributed by atoms with van der Waals surface area (Å²) in [4.78, 5) is 27.3. The third kappa shape index (κ3) is 2.72. The van der Waals surface area contributed by atoms with E-state index in [1.807, 2.05) is 4.90 Å². The first-order chi connectivity index (χ1) is 8.65. The minimum absolute atomic E-state index is 0. The van der Waals surface area contributed by atoms with Crippen LogP contribution in [0.4, 0.5) is 0 Å². The molecule has 5 nitrogen and oxygen atoms in total. The van der Waals surface area contributed by atoms with Crippen molar-refractivity contribution in [2.45, 2.75) is 31.7 Å². The smallest absolute Gasteiger partial charge is 0.242 e.